The van der Waals surface area contributed by atoms with Crippen molar-refractivity contribution in [1.82, 2.24) is 0 Å². The number of rotatable bonds is 4. The lowest BCUT2D eigenvalue weighted by atomic mass is 9.62. The first-order valence-corrected chi connectivity index (χ1v) is 8.77. The van der Waals surface area contributed by atoms with Crippen molar-refractivity contribution in [2.24, 2.45) is 23.2 Å². The Balaban J connectivity index is 1.75. The fourth-order valence-electron chi connectivity index (χ4n) is 5.04. The molecule has 0 aliphatic heterocycles. The third-order valence-electron chi connectivity index (χ3n) is 6.25. The molecule has 3 rings (SSSR count). The Morgan fingerprint density at radius 1 is 1.26 bits per heavy atom. The smallest absolute Gasteiger partial charge is 0.338 e. The highest BCUT2D eigenvalue weighted by molar-refractivity contribution is 5.89. The van der Waals surface area contributed by atoms with Gasteiger partial charge >= 0.3 is 5.97 Å². The van der Waals surface area contributed by atoms with Gasteiger partial charge in [-0.15, -0.1) is 0 Å². The Kier molecular flexibility index (Phi) is 4.56. The minimum Gasteiger partial charge on any atom is -0.458 e. The van der Waals surface area contributed by atoms with Crippen LogP contribution < -0.4 is 0 Å². The Labute approximate surface area is 138 Å². The van der Waals surface area contributed by atoms with Crippen LogP contribution in [0.4, 0.5) is 0 Å². The molecule has 1 aromatic carbocycles. The predicted octanol–water partition coefficient (Wildman–Crippen LogP) is 4.26. The van der Waals surface area contributed by atoms with Gasteiger partial charge in [0, 0.05) is 11.8 Å². The van der Waals surface area contributed by atoms with Gasteiger partial charge in [0.2, 0.25) is 0 Å². The second-order valence-corrected chi connectivity index (χ2v) is 7.49. The normalized spacial score (nSPS) is 34.4. The van der Waals surface area contributed by atoms with Crippen molar-refractivity contribution in [3.8, 4) is 0 Å². The standard InChI is InChI=1S/C20H26O3/c1-14(13-21)16-10-11-17-18(9-6-12-20(16,17)2)23-19(22)15-7-4-3-5-8-15/h3-5,7-8,13-14,16-18H,6,9-12H2,1-2H3/t14-,16-,17+,18+,20-/m1/s1. The second-order valence-electron chi connectivity index (χ2n) is 7.49. The van der Waals surface area contributed by atoms with Gasteiger partial charge in [0.1, 0.15) is 12.4 Å². The summed E-state index contributed by atoms with van der Waals surface area (Å²) in [6.45, 7) is 4.34. The lowest BCUT2D eigenvalue weighted by molar-refractivity contribution is -0.114. The van der Waals surface area contributed by atoms with Crippen molar-refractivity contribution in [2.45, 2.75) is 52.1 Å². The van der Waals surface area contributed by atoms with Crippen molar-refractivity contribution < 1.29 is 14.3 Å². The highest BCUT2D eigenvalue weighted by Gasteiger charge is 2.53. The van der Waals surface area contributed by atoms with Crippen LogP contribution in [0.1, 0.15) is 56.3 Å². The third kappa shape index (κ3) is 2.93. The maximum atomic E-state index is 12.4. The van der Waals surface area contributed by atoms with E-state index in [-0.39, 0.29) is 23.4 Å². The van der Waals surface area contributed by atoms with Crippen LogP contribution >= 0.6 is 0 Å². The minimum atomic E-state index is -0.216. The molecule has 0 amide bonds. The zero-order valence-electron chi connectivity index (χ0n) is 14.0. The van der Waals surface area contributed by atoms with E-state index in [1.807, 2.05) is 25.1 Å². The highest BCUT2D eigenvalue weighted by Crippen LogP contribution is 2.58. The molecule has 0 heterocycles. The number of carbonyl (C=O) groups is 2. The van der Waals surface area contributed by atoms with E-state index in [0.29, 0.717) is 17.4 Å². The third-order valence-corrected chi connectivity index (χ3v) is 6.25. The molecule has 124 valence electrons. The van der Waals surface area contributed by atoms with Gasteiger partial charge in [0.25, 0.3) is 0 Å². The summed E-state index contributed by atoms with van der Waals surface area (Å²) in [6.07, 6.45) is 6.37. The van der Waals surface area contributed by atoms with Crippen LogP contribution in [0.25, 0.3) is 0 Å². The van der Waals surface area contributed by atoms with E-state index in [1.54, 1.807) is 12.1 Å². The van der Waals surface area contributed by atoms with E-state index in [2.05, 4.69) is 6.92 Å². The number of hydrogen-bond acceptors (Lipinski definition) is 3. The van der Waals surface area contributed by atoms with Crippen molar-refractivity contribution >= 4 is 12.3 Å². The molecule has 5 atom stereocenters. The first-order chi connectivity index (χ1) is 11.1. The predicted molar refractivity (Wildman–Crippen MR) is 89.0 cm³/mol. The van der Waals surface area contributed by atoms with Gasteiger partial charge < -0.3 is 9.53 Å². The summed E-state index contributed by atoms with van der Waals surface area (Å²) in [7, 11) is 0. The Hall–Kier alpha value is -1.64. The van der Waals surface area contributed by atoms with E-state index in [9.17, 15) is 9.59 Å². The summed E-state index contributed by atoms with van der Waals surface area (Å²) in [5.74, 6) is 0.680. The van der Waals surface area contributed by atoms with Crippen LogP contribution in [-0.2, 0) is 9.53 Å². The van der Waals surface area contributed by atoms with Crippen LogP contribution in [0.3, 0.4) is 0 Å². The molecule has 0 bridgehead atoms. The molecule has 2 aliphatic rings. The summed E-state index contributed by atoms with van der Waals surface area (Å²) in [4.78, 5) is 23.7. The molecule has 23 heavy (non-hydrogen) atoms. The van der Waals surface area contributed by atoms with Crippen LogP contribution in [-0.4, -0.2) is 18.4 Å². The number of aldehydes is 1. The van der Waals surface area contributed by atoms with Crippen molar-refractivity contribution in [3.05, 3.63) is 35.9 Å². The van der Waals surface area contributed by atoms with Gasteiger partial charge in [-0.3, -0.25) is 0 Å². The molecule has 1 aromatic rings. The van der Waals surface area contributed by atoms with Gasteiger partial charge in [-0.2, -0.15) is 0 Å². The van der Waals surface area contributed by atoms with Crippen molar-refractivity contribution in [3.63, 3.8) is 0 Å². The number of benzene rings is 1. The average molecular weight is 314 g/mol. The van der Waals surface area contributed by atoms with Crippen molar-refractivity contribution in [1.29, 1.82) is 0 Å². The lowest BCUT2D eigenvalue weighted by Gasteiger charge is -2.45. The minimum absolute atomic E-state index is 0.00897. The van der Waals surface area contributed by atoms with Crippen LogP contribution in [0.2, 0.25) is 0 Å². The zero-order chi connectivity index (χ0) is 16.4. The van der Waals surface area contributed by atoms with Crippen LogP contribution in [0.15, 0.2) is 30.3 Å². The largest absolute Gasteiger partial charge is 0.458 e. The molecule has 0 spiro atoms. The maximum absolute atomic E-state index is 12.4. The molecule has 0 radical (unpaired) electrons. The van der Waals surface area contributed by atoms with Crippen LogP contribution in [0.5, 0.6) is 0 Å². The summed E-state index contributed by atoms with van der Waals surface area (Å²) < 4.78 is 5.89. The summed E-state index contributed by atoms with van der Waals surface area (Å²) >= 11 is 0. The molecule has 0 aromatic heterocycles. The lowest BCUT2D eigenvalue weighted by Crippen LogP contribution is -2.43. The monoisotopic (exact) mass is 314 g/mol. The first-order valence-electron chi connectivity index (χ1n) is 8.77. The van der Waals surface area contributed by atoms with Gasteiger partial charge in [-0.05, 0) is 55.6 Å². The average Bonchev–Trinajstić information content (AvgIpc) is 2.93. The quantitative estimate of drug-likeness (QED) is 0.616. The molecule has 2 fully saturated rings. The second kappa shape index (κ2) is 6.46. The Morgan fingerprint density at radius 3 is 2.70 bits per heavy atom. The molecule has 2 saturated carbocycles. The fourth-order valence-corrected chi connectivity index (χ4v) is 5.04. The van der Waals surface area contributed by atoms with Crippen molar-refractivity contribution in [2.75, 3.05) is 0 Å². The van der Waals surface area contributed by atoms with E-state index in [4.69, 9.17) is 4.74 Å². The molecule has 2 aliphatic carbocycles. The van der Waals surface area contributed by atoms with Gasteiger partial charge in [0.15, 0.2) is 0 Å². The molecule has 3 nitrogen and oxygen atoms in total. The van der Waals surface area contributed by atoms with Gasteiger partial charge in [0.05, 0.1) is 5.56 Å². The molecular formula is C20H26O3. The van der Waals surface area contributed by atoms with E-state index >= 15 is 0 Å². The number of esters is 1. The maximum Gasteiger partial charge on any atom is 0.338 e. The molecular weight excluding hydrogens is 288 g/mol. The van der Waals surface area contributed by atoms with E-state index in [1.165, 1.54) is 0 Å². The van der Waals surface area contributed by atoms with Crippen LogP contribution in [0, 0.1) is 23.2 Å². The molecule has 0 N–H and O–H groups in total. The molecule has 3 heteroatoms. The number of fused-ring (bicyclic) bond motifs is 1. The summed E-state index contributed by atoms with van der Waals surface area (Å²) in [6, 6.07) is 9.22. The molecule has 0 saturated heterocycles. The Bertz CT molecular complexity index is 568. The van der Waals surface area contributed by atoms with E-state index < -0.39 is 0 Å². The summed E-state index contributed by atoms with van der Waals surface area (Å²) in [5.41, 5.74) is 0.746. The SMILES string of the molecule is C[C@H](C=O)[C@H]1CC[C@H]2[C@@H](OC(=O)c3ccccc3)CCC[C@]12C. The van der Waals surface area contributed by atoms with E-state index in [0.717, 1.165) is 38.4 Å². The topological polar surface area (TPSA) is 43.4 Å². The first kappa shape index (κ1) is 16.2. The van der Waals surface area contributed by atoms with Gasteiger partial charge in [-0.1, -0.05) is 32.0 Å². The van der Waals surface area contributed by atoms with Gasteiger partial charge in [-0.25, -0.2) is 4.79 Å². The zero-order valence-corrected chi connectivity index (χ0v) is 14.0. The summed E-state index contributed by atoms with van der Waals surface area (Å²) in [5, 5.41) is 0. The molecule has 0 unspecified atom stereocenters. The number of hydrogen-bond donors (Lipinski definition) is 0. The Morgan fingerprint density at radius 2 is 2.00 bits per heavy atom. The fraction of sp³-hybridized carbons (Fsp3) is 0.600. The number of carbonyl (C=O) groups excluding carboxylic acids is 2. The highest BCUT2D eigenvalue weighted by atomic mass is 16.5. The number of ether oxygens (including phenoxy) is 1.